The van der Waals surface area contributed by atoms with Crippen LogP contribution in [-0.4, -0.2) is 79.4 Å². The molecule has 1 unspecified atom stereocenters. The molecule has 2 aliphatic heterocycles. The number of nitrogens with zero attached hydrogens (tertiary/aromatic N) is 5. The van der Waals surface area contributed by atoms with Crippen LogP contribution in [0.1, 0.15) is 30.0 Å². The standard InChI is InChI=1S/C30H36N6O2/c1-38-30(37)29(26-6-4-24(5-7-26)25-10-14-32-15-11-25)36-16-12-28(13-17-36)35-20-18-34(19-21-35)27-8-2-23(3-9-27)22-33-31/h2-11,14-15,22,28-29H,12-13,16-21,31H2,1H3. The van der Waals surface area contributed by atoms with Crippen LogP contribution in [0.25, 0.3) is 11.1 Å². The smallest absolute Gasteiger partial charge is 0.327 e. The average molecular weight is 513 g/mol. The number of aromatic nitrogens is 1. The number of hydrogen-bond donors (Lipinski definition) is 1. The van der Waals surface area contributed by atoms with E-state index in [1.165, 1.54) is 12.8 Å². The summed E-state index contributed by atoms with van der Waals surface area (Å²) >= 11 is 0. The number of hydrazone groups is 1. The maximum Gasteiger partial charge on any atom is 0.327 e. The van der Waals surface area contributed by atoms with E-state index in [-0.39, 0.29) is 12.0 Å². The lowest BCUT2D eigenvalue weighted by molar-refractivity contribution is -0.148. The van der Waals surface area contributed by atoms with Crippen LogP contribution in [0.2, 0.25) is 0 Å². The molecule has 0 radical (unpaired) electrons. The minimum atomic E-state index is -0.378. The fourth-order valence-electron chi connectivity index (χ4n) is 5.72. The maximum atomic E-state index is 12.9. The van der Waals surface area contributed by atoms with Gasteiger partial charge in [-0.05, 0) is 59.4 Å². The summed E-state index contributed by atoms with van der Waals surface area (Å²) in [6, 6.07) is 20.8. The van der Waals surface area contributed by atoms with Gasteiger partial charge in [-0.3, -0.25) is 14.8 Å². The molecule has 2 aromatic carbocycles. The fourth-order valence-corrected chi connectivity index (χ4v) is 5.72. The fraction of sp³-hybridized carbons (Fsp3) is 0.367. The van der Waals surface area contributed by atoms with Crippen molar-refractivity contribution in [2.24, 2.45) is 10.9 Å². The molecule has 5 rings (SSSR count). The largest absolute Gasteiger partial charge is 0.468 e. The van der Waals surface area contributed by atoms with Gasteiger partial charge in [0, 0.05) is 63.4 Å². The van der Waals surface area contributed by atoms with Crippen molar-refractivity contribution in [2.45, 2.75) is 24.9 Å². The highest BCUT2D eigenvalue weighted by Gasteiger charge is 2.34. The summed E-state index contributed by atoms with van der Waals surface area (Å²) in [5.41, 5.74) is 5.45. The number of piperazine rings is 1. The van der Waals surface area contributed by atoms with Crippen molar-refractivity contribution in [1.29, 1.82) is 0 Å². The maximum absolute atomic E-state index is 12.9. The molecule has 0 spiro atoms. The van der Waals surface area contributed by atoms with Crippen molar-refractivity contribution < 1.29 is 9.53 Å². The Kier molecular flexibility index (Phi) is 8.31. The monoisotopic (exact) mass is 512 g/mol. The third-order valence-electron chi connectivity index (χ3n) is 7.84. The molecular weight excluding hydrogens is 476 g/mol. The van der Waals surface area contributed by atoms with E-state index in [0.717, 1.165) is 74.4 Å². The van der Waals surface area contributed by atoms with Crippen molar-refractivity contribution >= 4 is 17.9 Å². The number of ether oxygens (including phenoxy) is 1. The Labute approximate surface area is 224 Å². The number of methoxy groups -OCH3 is 1. The minimum Gasteiger partial charge on any atom is -0.468 e. The molecule has 0 aliphatic carbocycles. The molecule has 8 nitrogen and oxygen atoms in total. The van der Waals surface area contributed by atoms with E-state index >= 15 is 0 Å². The van der Waals surface area contributed by atoms with Gasteiger partial charge in [0.2, 0.25) is 0 Å². The number of anilines is 1. The summed E-state index contributed by atoms with van der Waals surface area (Å²) in [4.78, 5) is 24.3. The summed E-state index contributed by atoms with van der Waals surface area (Å²) in [6.45, 7) is 5.88. The molecule has 2 N–H and O–H groups in total. The van der Waals surface area contributed by atoms with Gasteiger partial charge in [-0.15, -0.1) is 0 Å². The van der Waals surface area contributed by atoms with Crippen molar-refractivity contribution in [2.75, 3.05) is 51.3 Å². The van der Waals surface area contributed by atoms with Crippen molar-refractivity contribution in [3.8, 4) is 11.1 Å². The third kappa shape index (κ3) is 5.87. The van der Waals surface area contributed by atoms with Gasteiger partial charge >= 0.3 is 5.97 Å². The predicted molar refractivity (Wildman–Crippen MR) is 151 cm³/mol. The third-order valence-corrected chi connectivity index (χ3v) is 7.84. The van der Waals surface area contributed by atoms with Gasteiger partial charge in [0.15, 0.2) is 0 Å². The molecule has 1 aromatic heterocycles. The number of likely N-dealkylation sites (tertiary alicyclic amines) is 1. The molecule has 0 amide bonds. The van der Waals surface area contributed by atoms with E-state index in [0.29, 0.717) is 6.04 Å². The lowest BCUT2D eigenvalue weighted by Gasteiger charge is -2.44. The van der Waals surface area contributed by atoms with Gasteiger partial charge < -0.3 is 15.5 Å². The van der Waals surface area contributed by atoms with Gasteiger partial charge in [-0.25, -0.2) is 4.79 Å². The van der Waals surface area contributed by atoms with Gasteiger partial charge in [-0.1, -0.05) is 36.4 Å². The van der Waals surface area contributed by atoms with E-state index in [9.17, 15) is 4.79 Å². The number of piperidine rings is 1. The molecule has 1 atom stereocenters. The minimum absolute atomic E-state index is 0.197. The highest BCUT2D eigenvalue weighted by Crippen LogP contribution is 2.30. The number of carbonyl (C=O) groups is 1. The topological polar surface area (TPSA) is 87.3 Å². The van der Waals surface area contributed by atoms with Crippen molar-refractivity contribution in [3.05, 3.63) is 84.2 Å². The first-order chi connectivity index (χ1) is 18.7. The zero-order valence-electron chi connectivity index (χ0n) is 21.9. The molecule has 3 aromatic rings. The Morgan fingerprint density at radius 2 is 1.55 bits per heavy atom. The Hall–Kier alpha value is -3.75. The molecule has 2 aliphatic rings. The van der Waals surface area contributed by atoms with Gasteiger partial charge in [0.25, 0.3) is 0 Å². The summed E-state index contributed by atoms with van der Waals surface area (Å²) in [5.74, 6) is 5.06. The van der Waals surface area contributed by atoms with E-state index in [2.05, 4.69) is 73.3 Å². The van der Waals surface area contributed by atoms with Crippen LogP contribution in [-0.2, 0) is 9.53 Å². The Balaban J connectivity index is 1.17. The van der Waals surface area contributed by atoms with Crippen LogP contribution in [0.5, 0.6) is 0 Å². The zero-order chi connectivity index (χ0) is 26.3. The first kappa shape index (κ1) is 25.9. The van der Waals surface area contributed by atoms with E-state index in [4.69, 9.17) is 10.6 Å². The van der Waals surface area contributed by atoms with Crippen molar-refractivity contribution in [1.82, 2.24) is 14.8 Å². The first-order valence-electron chi connectivity index (χ1n) is 13.3. The number of hydrogen-bond acceptors (Lipinski definition) is 8. The van der Waals surface area contributed by atoms with Gasteiger partial charge in [0.1, 0.15) is 6.04 Å². The highest BCUT2D eigenvalue weighted by molar-refractivity contribution is 5.80. The summed E-state index contributed by atoms with van der Waals surface area (Å²) in [6.07, 6.45) is 7.35. The predicted octanol–water partition coefficient (Wildman–Crippen LogP) is 3.54. The second-order valence-electron chi connectivity index (χ2n) is 9.94. The number of nitrogens with two attached hydrogens (primary N) is 1. The second-order valence-corrected chi connectivity index (χ2v) is 9.94. The number of rotatable bonds is 7. The van der Waals surface area contributed by atoms with Crippen LogP contribution in [0.4, 0.5) is 5.69 Å². The molecule has 0 bridgehead atoms. The molecule has 2 fully saturated rings. The van der Waals surface area contributed by atoms with Crippen LogP contribution in [0.3, 0.4) is 0 Å². The normalized spacial score (nSPS) is 18.5. The van der Waals surface area contributed by atoms with E-state index in [1.807, 2.05) is 12.1 Å². The van der Waals surface area contributed by atoms with Crippen molar-refractivity contribution in [3.63, 3.8) is 0 Å². The van der Waals surface area contributed by atoms with E-state index < -0.39 is 0 Å². The van der Waals surface area contributed by atoms with Crippen LogP contribution in [0, 0.1) is 0 Å². The molecule has 3 heterocycles. The number of esters is 1. The van der Waals surface area contributed by atoms with Crippen LogP contribution < -0.4 is 10.7 Å². The zero-order valence-corrected chi connectivity index (χ0v) is 21.9. The highest BCUT2D eigenvalue weighted by atomic mass is 16.5. The Morgan fingerprint density at radius 3 is 2.16 bits per heavy atom. The number of benzene rings is 2. The molecular formula is C30H36N6O2. The number of carbonyl (C=O) groups excluding carboxylic acids is 1. The van der Waals surface area contributed by atoms with Gasteiger partial charge in [0.05, 0.1) is 13.3 Å². The second kappa shape index (κ2) is 12.2. The molecule has 8 heteroatoms. The molecule has 2 saturated heterocycles. The summed E-state index contributed by atoms with van der Waals surface area (Å²) in [5, 5.41) is 3.60. The quantitative estimate of drug-likeness (QED) is 0.224. The summed E-state index contributed by atoms with van der Waals surface area (Å²) < 4.78 is 5.23. The first-order valence-corrected chi connectivity index (χ1v) is 13.3. The number of pyridine rings is 1. The molecule has 38 heavy (non-hydrogen) atoms. The average Bonchev–Trinajstić information content (AvgIpc) is 2.99. The Morgan fingerprint density at radius 1 is 0.921 bits per heavy atom. The van der Waals surface area contributed by atoms with Crippen LogP contribution in [0.15, 0.2) is 78.2 Å². The lowest BCUT2D eigenvalue weighted by Crippen LogP contribution is -2.54. The van der Waals surface area contributed by atoms with Gasteiger partial charge in [-0.2, -0.15) is 5.10 Å². The SMILES string of the molecule is COC(=O)C(c1ccc(-c2ccncc2)cc1)N1CCC(N2CCN(c3ccc(C=NN)cc3)CC2)CC1. The molecule has 198 valence electrons. The van der Waals surface area contributed by atoms with E-state index in [1.54, 1.807) is 18.6 Å². The lowest BCUT2D eigenvalue weighted by atomic mass is 9.96. The summed E-state index contributed by atoms with van der Waals surface area (Å²) in [7, 11) is 1.48. The van der Waals surface area contributed by atoms with Crippen LogP contribution >= 0.6 is 0 Å². The molecule has 0 saturated carbocycles. The Bertz CT molecular complexity index is 1200.